The molecule has 0 spiro atoms. The monoisotopic (exact) mass is 223 g/mol. The fourth-order valence-electron chi connectivity index (χ4n) is 1.02. The van der Waals surface area contributed by atoms with Crippen LogP contribution in [0.2, 0.25) is 0 Å². The van der Waals surface area contributed by atoms with Crippen molar-refractivity contribution in [2.75, 3.05) is 0 Å². The predicted octanol–water partition coefficient (Wildman–Crippen LogP) is 1.19. The second-order valence-electron chi connectivity index (χ2n) is 3.35. The van der Waals surface area contributed by atoms with E-state index >= 15 is 0 Å². The van der Waals surface area contributed by atoms with Crippen LogP contribution in [0.5, 0.6) is 0 Å². The molecule has 86 valence electrons. The molecule has 0 fully saturated rings. The molecule has 0 saturated carbocycles. The first-order valence-corrected chi connectivity index (χ1v) is 4.77. The number of rotatable bonds is 4. The minimum atomic E-state index is -1.07. The van der Waals surface area contributed by atoms with Crippen LogP contribution in [0, 0.1) is 6.92 Å². The lowest BCUT2D eigenvalue weighted by Gasteiger charge is -2.05. The first kappa shape index (κ1) is 12.0. The van der Waals surface area contributed by atoms with E-state index < -0.39 is 17.9 Å². The summed E-state index contributed by atoms with van der Waals surface area (Å²) in [4.78, 5) is 21.7. The normalized spacial score (nSPS) is 12.6. The first-order valence-electron chi connectivity index (χ1n) is 4.77. The number of aliphatic carboxylic acids is 1. The fraction of sp³-hybridized carbons (Fsp3) is 0.273. The summed E-state index contributed by atoms with van der Waals surface area (Å²) in [6.45, 7) is 3.19. The number of nitrogens with one attached hydrogen (secondary N) is 1. The summed E-state index contributed by atoms with van der Waals surface area (Å²) in [5.74, 6) is -0.242. The Balaban J connectivity index is 2.51. The summed E-state index contributed by atoms with van der Waals surface area (Å²) in [5, 5.41) is 10.9. The number of aryl methyl sites for hydroxylation is 1. The van der Waals surface area contributed by atoms with Crippen molar-refractivity contribution in [3.63, 3.8) is 0 Å². The van der Waals surface area contributed by atoms with Gasteiger partial charge in [-0.05, 0) is 32.1 Å². The largest absolute Gasteiger partial charge is 0.480 e. The molecule has 0 radical (unpaired) electrons. The Bertz CT molecular complexity index is 419. The van der Waals surface area contributed by atoms with Crippen LogP contribution in [0.25, 0.3) is 6.08 Å². The maximum absolute atomic E-state index is 11.2. The lowest BCUT2D eigenvalue weighted by atomic mass is 10.3. The summed E-state index contributed by atoms with van der Waals surface area (Å²) in [7, 11) is 0. The molecule has 5 heteroatoms. The number of furan rings is 1. The van der Waals surface area contributed by atoms with Crippen molar-refractivity contribution < 1.29 is 19.1 Å². The van der Waals surface area contributed by atoms with Gasteiger partial charge in [-0.25, -0.2) is 0 Å². The number of carbonyl (C=O) groups excluding carboxylic acids is 1. The van der Waals surface area contributed by atoms with E-state index in [4.69, 9.17) is 9.52 Å². The van der Waals surface area contributed by atoms with Crippen LogP contribution in [0.15, 0.2) is 22.6 Å². The molecule has 0 aliphatic heterocycles. The fourth-order valence-corrected chi connectivity index (χ4v) is 1.02. The van der Waals surface area contributed by atoms with Gasteiger partial charge in [0.2, 0.25) is 5.91 Å². The second-order valence-corrected chi connectivity index (χ2v) is 3.35. The lowest BCUT2D eigenvalue weighted by molar-refractivity contribution is -0.140. The maximum atomic E-state index is 11.2. The molecule has 5 nitrogen and oxygen atoms in total. The zero-order valence-electron chi connectivity index (χ0n) is 9.06. The zero-order chi connectivity index (χ0) is 12.1. The van der Waals surface area contributed by atoms with Crippen molar-refractivity contribution in [2.45, 2.75) is 19.9 Å². The summed E-state index contributed by atoms with van der Waals surface area (Å²) in [6, 6.07) is 2.59. The van der Waals surface area contributed by atoms with Crippen LogP contribution >= 0.6 is 0 Å². The molecule has 1 heterocycles. The van der Waals surface area contributed by atoms with Crippen molar-refractivity contribution >= 4 is 18.0 Å². The van der Waals surface area contributed by atoms with Gasteiger partial charge in [-0.3, -0.25) is 9.59 Å². The van der Waals surface area contributed by atoms with Gasteiger partial charge in [0.05, 0.1) is 0 Å². The van der Waals surface area contributed by atoms with E-state index in [1.165, 1.54) is 19.1 Å². The Hall–Kier alpha value is -2.04. The van der Waals surface area contributed by atoms with Crippen molar-refractivity contribution in [3.8, 4) is 0 Å². The molecule has 1 amide bonds. The number of carboxylic acid groups (broad SMARTS) is 1. The highest BCUT2D eigenvalue weighted by Crippen LogP contribution is 2.07. The van der Waals surface area contributed by atoms with Crippen LogP contribution < -0.4 is 5.32 Å². The van der Waals surface area contributed by atoms with Crippen molar-refractivity contribution in [1.82, 2.24) is 5.32 Å². The van der Waals surface area contributed by atoms with Crippen molar-refractivity contribution in [1.29, 1.82) is 0 Å². The second kappa shape index (κ2) is 5.16. The summed E-state index contributed by atoms with van der Waals surface area (Å²) < 4.78 is 5.20. The van der Waals surface area contributed by atoms with E-state index in [0.29, 0.717) is 5.76 Å². The third-order valence-electron chi connectivity index (χ3n) is 1.89. The quantitative estimate of drug-likeness (QED) is 0.751. The Morgan fingerprint density at radius 2 is 2.19 bits per heavy atom. The minimum Gasteiger partial charge on any atom is -0.480 e. The average Bonchev–Trinajstić information content (AvgIpc) is 2.61. The minimum absolute atomic E-state index is 0.469. The van der Waals surface area contributed by atoms with Crippen molar-refractivity contribution in [2.24, 2.45) is 0 Å². The standard InChI is InChI=1S/C11H13NO4/c1-7-3-4-9(16-7)5-6-10(13)12-8(2)11(14)15/h3-6,8H,1-2H3,(H,12,13)(H,14,15)/b6-5+/t8-/m0/s1. The van der Waals surface area contributed by atoms with E-state index in [1.54, 1.807) is 19.1 Å². The Kier molecular flexibility index (Phi) is 3.88. The molecule has 0 aromatic carbocycles. The van der Waals surface area contributed by atoms with Gasteiger partial charge in [-0.15, -0.1) is 0 Å². The molecule has 1 aromatic heterocycles. The molecule has 1 rings (SSSR count). The van der Waals surface area contributed by atoms with Gasteiger partial charge in [-0.1, -0.05) is 0 Å². The molecule has 2 N–H and O–H groups in total. The molecular weight excluding hydrogens is 210 g/mol. The average molecular weight is 223 g/mol. The Labute approximate surface area is 92.8 Å². The molecular formula is C11H13NO4. The molecule has 0 bridgehead atoms. The van der Waals surface area contributed by atoms with E-state index in [1.807, 2.05) is 0 Å². The van der Waals surface area contributed by atoms with E-state index in [2.05, 4.69) is 5.32 Å². The molecule has 0 unspecified atom stereocenters. The lowest BCUT2D eigenvalue weighted by Crippen LogP contribution is -2.37. The molecule has 0 saturated heterocycles. The van der Waals surface area contributed by atoms with Gasteiger partial charge in [0, 0.05) is 6.08 Å². The third-order valence-corrected chi connectivity index (χ3v) is 1.89. The van der Waals surface area contributed by atoms with Gasteiger partial charge in [0.1, 0.15) is 17.6 Å². The molecule has 1 aromatic rings. The maximum Gasteiger partial charge on any atom is 0.325 e. The highest BCUT2D eigenvalue weighted by atomic mass is 16.4. The summed E-state index contributed by atoms with van der Waals surface area (Å²) in [5.41, 5.74) is 0. The van der Waals surface area contributed by atoms with Crippen molar-refractivity contribution in [3.05, 3.63) is 29.7 Å². The third kappa shape index (κ3) is 3.61. The molecule has 0 aliphatic rings. The van der Waals surface area contributed by atoms with E-state index in [-0.39, 0.29) is 0 Å². The number of carboxylic acids is 1. The highest BCUT2D eigenvalue weighted by Gasteiger charge is 2.11. The van der Waals surface area contributed by atoms with Crippen LogP contribution in [-0.2, 0) is 9.59 Å². The highest BCUT2D eigenvalue weighted by molar-refractivity contribution is 5.93. The smallest absolute Gasteiger partial charge is 0.325 e. The van der Waals surface area contributed by atoms with Gasteiger partial charge in [-0.2, -0.15) is 0 Å². The summed E-state index contributed by atoms with van der Waals surface area (Å²) >= 11 is 0. The van der Waals surface area contributed by atoms with Crippen LogP contribution in [-0.4, -0.2) is 23.0 Å². The number of hydrogen-bond donors (Lipinski definition) is 2. The predicted molar refractivity (Wildman–Crippen MR) is 57.7 cm³/mol. The van der Waals surface area contributed by atoms with E-state index in [9.17, 15) is 9.59 Å². The van der Waals surface area contributed by atoms with Gasteiger partial charge < -0.3 is 14.8 Å². The van der Waals surface area contributed by atoms with Gasteiger partial charge >= 0.3 is 5.97 Å². The van der Waals surface area contributed by atoms with E-state index in [0.717, 1.165) is 5.76 Å². The number of carbonyl (C=O) groups is 2. The van der Waals surface area contributed by atoms with Crippen LogP contribution in [0.3, 0.4) is 0 Å². The summed E-state index contributed by atoms with van der Waals surface area (Å²) in [6.07, 6.45) is 2.72. The van der Waals surface area contributed by atoms with Gasteiger partial charge in [0.15, 0.2) is 0 Å². The SMILES string of the molecule is Cc1ccc(/C=C/C(=O)N[C@@H](C)C(=O)O)o1. The Morgan fingerprint density at radius 1 is 1.50 bits per heavy atom. The number of hydrogen-bond acceptors (Lipinski definition) is 3. The zero-order valence-corrected chi connectivity index (χ0v) is 9.06. The first-order chi connectivity index (χ1) is 7.49. The van der Waals surface area contributed by atoms with Crippen LogP contribution in [0.4, 0.5) is 0 Å². The Morgan fingerprint density at radius 3 is 2.69 bits per heavy atom. The molecule has 16 heavy (non-hydrogen) atoms. The van der Waals surface area contributed by atoms with Gasteiger partial charge in [0.25, 0.3) is 0 Å². The number of amides is 1. The molecule has 1 atom stereocenters. The topological polar surface area (TPSA) is 79.5 Å². The van der Waals surface area contributed by atoms with Crippen LogP contribution in [0.1, 0.15) is 18.4 Å². The molecule has 0 aliphatic carbocycles.